The molecule has 1 aliphatic rings. The van der Waals surface area contributed by atoms with Crippen molar-refractivity contribution in [2.45, 2.75) is 38.5 Å². The summed E-state index contributed by atoms with van der Waals surface area (Å²) in [7, 11) is 0. The lowest BCUT2D eigenvalue weighted by Crippen LogP contribution is -2.33. The first-order valence-corrected chi connectivity index (χ1v) is 5.18. The van der Waals surface area contributed by atoms with Gasteiger partial charge in [-0.3, -0.25) is 24.5 Å². The maximum absolute atomic E-state index is 10.3. The minimum Gasteiger partial charge on any atom is -0.481 e. The van der Waals surface area contributed by atoms with Gasteiger partial charge in [-0.2, -0.15) is 0 Å². The second-order valence-corrected chi connectivity index (χ2v) is 3.47. The Labute approximate surface area is 97.8 Å². The number of imide groups is 1. The summed E-state index contributed by atoms with van der Waals surface area (Å²) in [4.78, 5) is 40.3. The minimum atomic E-state index is -0.948. The van der Waals surface area contributed by atoms with Gasteiger partial charge >= 0.3 is 11.9 Å². The van der Waals surface area contributed by atoms with Crippen LogP contribution < -0.4 is 5.32 Å². The van der Waals surface area contributed by atoms with Crippen LogP contribution in [-0.4, -0.2) is 34.0 Å². The number of rotatable bonds is 4. The van der Waals surface area contributed by atoms with Crippen molar-refractivity contribution in [3.63, 3.8) is 0 Å². The van der Waals surface area contributed by atoms with Gasteiger partial charge in [0.25, 0.3) is 0 Å². The second kappa shape index (κ2) is 8.26. The molecule has 7 heteroatoms. The van der Waals surface area contributed by atoms with Crippen LogP contribution in [0.25, 0.3) is 0 Å². The molecule has 0 atom stereocenters. The number of carboxylic acid groups (broad SMARTS) is 2. The number of piperidine rings is 1. The first-order chi connectivity index (χ1) is 7.91. The molecule has 0 unspecified atom stereocenters. The highest BCUT2D eigenvalue weighted by atomic mass is 16.4. The number of carbonyl (C=O) groups excluding carboxylic acids is 2. The molecule has 0 aromatic heterocycles. The van der Waals surface area contributed by atoms with Crippen LogP contribution in [0.3, 0.4) is 0 Å². The molecule has 1 saturated heterocycles. The summed E-state index contributed by atoms with van der Waals surface area (Å²) >= 11 is 0. The molecule has 1 rings (SSSR count). The van der Waals surface area contributed by atoms with E-state index in [1.165, 1.54) is 0 Å². The first-order valence-electron chi connectivity index (χ1n) is 5.18. The fraction of sp³-hybridized carbons (Fsp3) is 0.600. The Morgan fingerprint density at radius 3 is 1.65 bits per heavy atom. The lowest BCUT2D eigenvalue weighted by Gasteiger charge is -2.07. The van der Waals surface area contributed by atoms with Gasteiger partial charge in [-0.15, -0.1) is 0 Å². The van der Waals surface area contributed by atoms with Crippen LogP contribution in [0.4, 0.5) is 0 Å². The fourth-order valence-corrected chi connectivity index (χ4v) is 1.08. The predicted molar refractivity (Wildman–Crippen MR) is 56.1 cm³/mol. The van der Waals surface area contributed by atoms with Crippen molar-refractivity contribution in [2.75, 3.05) is 0 Å². The molecule has 96 valence electrons. The van der Waals surface area contributed by atoms with E-state index in [-0.39, 0.29) is 31.1 Å². The van der Waals surface area contributed by atoms with Crippen molar-refractivity contribution in [3.05, 3.63) is 0 Å². The van der Waals surface area contributed by atoms with Gasteiger partial charge in [0.2, 0.25) is 11.8 Å². The topological polar surface area (TPSA) is 121 Å². The van der Waals surface area contributed by atoms with Crippen molar-refractivity contribution in [3.8, 4) is 0 Å². The molecule has 0 radical (unpaired) electrons. The molecule has 0 spiro atoms. The molecule has 0 aromatic rings. The number of nitrogens with one attached hydrogen (secondary N) is 1. The Kier molecular flexibility index (Phi) is 7.32. The number of amides is 2. The standard InChI is InChI=1S/C5H7NO2.C5H8O4/c7-4-2-1-3-5(8)6-4;6-4(7)2-1-3-5(8)9/h1-3H2,(H,6,7,8);1-3H2,(H,6,7)(H,8,9). The summed E-state index contributed by atoms with van der Waals surface area (Å²) in [6, 6.07) is 0. The van der Waals surface area contributed by atoms with Gasteiger partial charge in [0.1, 0.15) is 0 Å². The van der Waals surface area contributed by atoms with Gasteiger partial charge in [0.15, 0.2) is 0 Å². The van der Waals surface area contributed by atoms with E-state index < -0.39 is 11.9 Å². The van der Waals surface area contributed by atoms with Gasteiger partial charge in [-0.05, 0) is 12.8 Å². The van der Waals surface area contributed by atoms with E-state index in [9.17, 15) is 19.2 Å². The Hall–Kier alpha value is -1.92. The normalized spacial score (nSPS) is 14.4. The molecule has 3 N–H and O–H groups in total. The van der Waals surface area contributed by atoms with Gasteiger partial charge in [-0.1, -0.05) is 0 Å². The van der Waals surface area contributed by atoms with Crippen LogP contribution in [0, 0.1) is 0 Å². The Morgan fingerprint density at radius 2 is 1.41 bits per heavy atom. The molecular formula is C10H15NO6. The van der Waals surface area contributed by atoms with Gasteiger partial charge < -0.3 is 10.2 Å². The molecule has 7 nitrogen and oxygen atoms in total. The Bertz CT molecular complexity index is 284. The van der Waals surface area contributed by atoms with Crippen molar-refractivity contribution in [1.29, 1.82) is 0 Å². The summed E-state index contributed by atoms with van der Waals surface area (Å²) in [6.07, 6.45) is 1.81. The summed E-state index contributed by atoms with van der Waals surface area (Å²) in [6.45, 7) is 0. The zero-order valence-corrected chi connectivity index (χ0v) is 9.27. The Morgan fingerprint density at radius 1 is 1.00 bits per heavy atom. The molecule has 2 amide bonds. The number of hydrogen-bond donors (Lipinski definition) is 3. The molecular weight excluding hydrogens is 230 g/mol. The quantitative estimate of drug-likeness (QED) is 0.606. The highest BCUT2D eigenvalue weighted by Crippen LogP contribution is 2.00. The third-order valence-corrected chi connectivity index (χ3v) is 1.87. The van der Waals surface area contributed by atoms with Crippen LogP contribution in [-0.2, 0) is 19.2 Å². The summed E-state index contributed by atoms with van der Waals surface area (Å²) < 4.78 is 0. The molecule has 1 aliphatic heterocycles. The fourth-order valence-electron chi connectivity index (χ4n) is 1.08. The zero-order valence-electron chi connectivity index (χ0n) is 9.27. The van der Waals surface area contributed by atoms with E-state index in [0.29, 0.717) is 19.3 Å². The van der Waals surface area contributed by atoms with E-state index in [2.05, 4.69) is 5.32 Å². The smallest absolute Gasteiger partial charge is 0.303 e. The average Bonchev–Trinajstić information content (AvgIpc) is 2.16. The van der Waals surface area contributed by atoms with Crippen LogP contribution in [0.2, 0.25) is 0 Å². The van der Waals surface area contributed by atoms with Crippen LogP contribution in [0.15, 0.2) is 0 Å². The lowest BCUT2D eigenvalue weighted by atomic mass is 10.1. The van der Waals surface area contributed by atoms with Gasteiger partial charge in [0.05, 0.1) is 0 Å². The molecule has 17 heavy (non-hydrogen) atoms. The van der Waals surface area contributed by atoms with Crippen molar-refractivity contribution in [1.82, 2.24) is 5.32 Å². The van der Waals surface area contributed by atoms with E-state index in [4.69, 9.17) is 10.2 Å². The molecule has 1 heterocycles. The van der Waals surface area contributed by atoms with E-state index in [1.807, 2.05) is 0 Å². The number of aliphatic carboxylic acids is 2. The van der Waals surface area contributed by atoms with E-state index >= 15 is 0 Å². The molecule has 0 saturated carbocycles. The molecule has 0 bridgehead atoms. The summed E-state index contributed by atoms with van der Waals surface area (Å²) in [5, 5.41) is 18.3. The van der Waals surface area contributed by atoms with Crippen LogP contribution in [0.1, 0.15) is 38.5 Å². The first kappa shape index (κ1) is 15.1. The molecule has 1 fully saturated rings. The van der Waals surface area contributed by atoms with Gasteiger partial charge in [-0.25, -0.2) is 0 Å². The largest absolute Gasteiger partial charge is 0.481 e. The number of carbonyl (C=O) groups is 4. The number of hydrogen-bond acceptors (Lipinski definition) is 4. The highest BCUT2D eigenvalue weighted by Gasteiger charge is 2.12. The van der Waals surface area contributed by atoms with E-state index in [0.717, 1.165) is 0 Å². The average molecular weight is 245 g/mol. The van der Waals surface area contributed by atoms with Crippen molar-refractivity contribution < 1.29 is 29.4 Å². The summed E-state index contributed by atoms with van der Waals surface area (Å²) in [5.41, 5.74) is 0. The van der Waals surface area contributed by atoms with Crippen LogP contribution in [0.5, 0.6) is 0 Å². The summed E-state index contributed by atoms with van der Waals surface area (Å²) in [5.74, 6) is -2.17. The van der Waals surface area contributed by atoms with Crippen molar-refractivity contribution >= 4 is 23.8 Å². The van der Waals surface area contributed by atoms with Gasteiger partial charge in [0, 0.05) is 25.7 Å². The van der Waals surface area contributed by atoms with Crippen molar-refractivity contribution in [2.24, 2.45) is 0 Å². The predicted octanol–water partition coefficient (Wildman–Crippen LogP) is 0.139. The zero-order chi connectivity index (χ0) is 13.3. The minimum absolute atomic E-state index is 0.0632. The third-order valence-electron chi connectivity index (χ3n) is 1.87. The SMILES string of the molecule is O=C(O)CCCC(=O)O.O=C1CCCC(=O)N1. The molecule has 0 aromatic carbocycles. The third kappa shape index (κ3) is 10.4. The monoisotopic (exact) mass is 245 g/mol. The maximum atomic E-state index is 10.3. The Balaban J connectivity index is 0.000000302. The second-order valence-electron chi connectivity index (χ2n) is 3.47. The lowest BCUT2D eigenvalue weighted by molar-refractivity contribution is -0.139. The van der Waals surface area contributed by atoms with Crippen LogP contribution >= 0.6 is 0 Å². The number of carboxylic acids is 2. The molecule has 0 aliphatic carbocycles. The van der Waals surface area contributed by atoms with E-state index in [1.54, 1.807) is 0 Å². The maximum Gasteiger partial charge on any atom is 0.303 e. The highest BCUT2D eigenvalue weighted by molar-refractivity contribution is 5.97.